The SMILES string of the molecule is Cc1ccccc1-c1nnn(CC(=O)NCCc2ccc(Cl)cc2)n1. The van der Waals surface area contributed by atoms with E-state index in [9.17, 15) is 4.79 Å². The zero-order chi connectivity index (χ0) is 17.6. The summed E-state index contributed by atoms with van der Waals surface area (Å²) in [7, 11) is 0. The molecule has 0 fully saturated rings. The fraction of sp³-hybridized carbons (Fsp3) is 0.222. The van der Waals surface area contributed by atoms with Crippen LogP contribution in [0.15, 0.2) is 48.5 Å². The van der Waals surface area contributed by atoms with Crippen molar-refractivity contribution in [2.75, 3.05) is 6.54 Å². The second kappa shape index (κ2) is 7.90. The first-order chi connectivity index (χ1) is 12.1. The predicted octanol–water partition coefficient (Wildman–Crippen LogP) is 2.66. The van der Waals surface area contributed by atoms with E-state index in [1.54, 1.807) is 0 Å². The van der Waals surface area contributed by atoms with Crippen LogP contribution >= 0.6 is 11.6 Å². The molecule has 7 heteroatoms. The summed E-state index contributed by atoms with van der Waals surface area (Å²) in [5.74, 6) is 0.370. The zero-order valence-corrected chi connectivity index (χ0v) is 14.6. The van der Waals surface area contributed by atoms with Crippen molar-refractivity contribution in [3.8, 4) is 11.4 Å². The van der Waals surface area contributed by atoms with Crippen LogP contribution in [0.1, 0.15) is 11.1 Å². The molecule has 1 N–H and O–H groups in total. The number of nitrogens with one attached hydrogen (secondary N) is 1. The minimum Gasteiger partial charge on any atom is -0.354 e. The topological polar surface area (TPSA) is 72.7 Å². The first-order valence-electron chi connectivity index (χ1n) is 7.97. The molecule has 0 saturated carbocycles. The molecule has 0 spiro atoms. The van der Waals surface area contributed by atoms with Gasteiger partial charge in [-0.05, 0) is 41.8 Å². The van der Waals surface area contributed by atoms with E-state index in [1.807, 2.05) is 55.5 Å². The van der Waals surface area contributed by atoms with Gasteiger partial charge < -0.3 is 5.32 Å². The maximum Gasteiger partial charge on any atom is 0.243 e. The lowest BCUT2D eigenvalue weighted by Gasteiger charge is -2.05. The Balaban J connectivity index is 1.52. The fourth-order valence-electron chi connectivity index (χ4n) is 2.42. The van der Waals surface area contributed by atoms with E-state index in [4.69, 9.17) is 11.6 Å². The molecular weight excluding hydrogens is 338 g/mol. The average Bonchev–Trinajstić information content (AvgIpc) is 3.05. The average molecular weight is 356 g/mol. The highest BCUT2D eigenvalue weighted by Gasteiger charge is 2.10. The van der Waals surface area contributed by atoms with Gasteiger partial charge in [-0.3, -0.25) is 4.79 Å². The van der Waals surface area contributed by atoms with Crippen LogP contribution < -0.4 is 5.32 Å². The molecule has 0 aliphatic carbocycles. The second-order valence-electron chi connectivity index (χ2n) is 5.68. The number of nitrogens with zero attached hydrogens (tertiary/aromatic N) is 4. The molecule has 0 aliphatic rings. The molecule has 6 nitrogen and oxygen atoms in total. The molecule has 2 aromatic carbocycles. The van der Waals surface area contributed by atoms with E-state index >= 15 is 0 Å². The normalized spacial score (nSPS) is 10.6. The summed E-state index contributed by atoms with van der Waals surface area (Å²) in [5.41, 5.74) is 3.09. The zero-order valence-electron chi connectivity index (χ0n) is 13.8. The van der Waals surface area contributed by atoms with E-state index in [1.165, 1.54) is 4.80 Å². The van der Waals surface area contributed by atoms with Gasteiger partial charge in [-0.2, -0.15) is 4.80 Å². The van der Waals surface area contributed by atoms with Crippen LogP contribution in [-0.2, 0) is 17.8 Å². The van der Waals surface area contributed by atoms with Crippen molar-refractivity contribution in [2.45, 2.75) is 19.9 Å². The number of hydrogen-bond donors (Lipinski definition) is 1. The van der Waals surface area contributed by atoms with Gasteiger partial charge in [-0.15, -0.1) is 10.2 Å². The molecule has 0 unspecified atom stereocenters. The molecule has 128 valence electrons. The van der Waals surface area contributed by atoms with Crippen LogP contribution in [0.3, 0.4) is 0 Å². The number of tetrazole rings is 1. The van der Waals surface area contributed by atoms with Crippen molar-refractivity contribution in [3.63, 3.8) is 0 Å². The Morgan fingerprint density at radius 2 is 1.92 bits per heavy atom. The Morgan fingerprint density at radius 3 is 2.68 bits per heavy atom. The minimum atomic E-state index is -0.150. The molecular formula is C18H18ClN5O. The quantitative estimate of drug-likeness (QED) is 0.737. The Labute approximate surface area is 150 Å². The van der Waals surface area contributed by atoms with Crippen molar-refractivity contribution in [1.29, 1.82) is 0 Å². The summed E-state index contributed by atoms with van der Waals surface area (Å²) in [6.45, 7) is 2.57. The number of halogens is 1. The summed E-state index contributed by atoms with van der Waals surface area (Å²) in [4.78, 5) is 13.3. The minimum absolute atomic E-state index is 0.0412. The van der Waals surface area contributed by atoms with Gasteiger partial charge in [0.25, 0.3) is 0 Å². The molecule has 0 aliphatic heterocycles. The molecule has 25 heavy (non-hydrogen) atoms. The lowest BCUT2D eigenvalue weighted by Crippen LogP contribution is -2.30. The molecule has 0 radical (unpaired) electrons. The number of benzene rings is 2. The summed E-state index contributed by atoms with van der Waals surface area (Å²) in [6, 6.07) is 15.4. The van der Waals surface area contributed by atoms with Crippen molar-refractivity contribution < 1.29 is 4.79 Å². The van der Waals surface area contributed by atoms with Crippen LogP contribution in [0.4, 0.5) is 0 Å². The van der Waals surface area contributed by atoms with Crippen molar-refractivity contribution in [1.82, 2.24) is 25.5 Å². The number of carbonyl (C=O) groups is 1. The lowest BCUT2D eigenvalue weighted by molar-refractivity contribution is -0.122. The van der Waals surface area contributed by atoms with Crippen LogP contribution in [0.25, 0.3) is 11.4 Å². The number of rotatable bonds is 6. The van der Waals surface area contributed by atoms with Gasteiger partial charge >= 0.3 is 0 Å². The van der Waals surface area contributed by atoms with Crippen LogP contribution in [0.2, 0.25) is 5.02 Å². The lowest BCUT2D eigenvalue weighted by atomic mass is 10.1. The number of aryl methyl sites for hydroxylation is 1. The van der Waals surface area contributed by atoms with Gasteiger partial charge in [0.15, 0.2) is 0 Å². The molecule has 0 atom stereocenters. The molecule has 0 saturated heterocycles. The highest BCUT2D eigenvalue weighted by molar-refractivity contribution is 6.30. The number of amides is 1. The van der Waals surface area contributed by atoms with E-state index < -0.39 is 0 Å². The van der Waals surface area contributed by atoms with Crippen LogP contribution in [0.5, 0.6) is 0 Å². The maximum atomic E-state index is 12.0. The van der Waals surface area contributed by atoms with Crippen molar-refractivity contribution in [2.24, 2.45) is 0 Å². The van der Waals surface area contributed by atoms with Gasteiger partial charge in [-0.1, -0.05) is 48.0 Å². The highest BCUT2D eigenvalue weighted by Crippen LogP contribution is 2.17. The smallest absolute Gasteiger partial charge is 0.243 e. The van der Waals surface area contributed by atoms with Gasteiger partial charge in [0, 0.05) is 17.1 Å². The Bertz CT molecular complexity index is 860. The van der Waals surface area contributed by atoms with E-state index in [0.717, 1.165) is 23.1 Å². The number of carbonyl (C=O) groups excluding carboxylic acids is 1. The third-order valence-corrected chi connectivity index (χ3v) is 4.02. The standard InChI is InChI=1S/C18H18ClN5O/c1-13-4-2-3-5-16(13)18-21-23-24(22-18)12-17(25)20-11-10-14-6-8-15(19)9-7-14/h2-9H,10-12H2,1H3,(H,20,25). The summed E-state index contributed by atoms with van der Waals surface area (Å²) >= 11 is 5.85. The number of aromatic nitrogens is 4. The second-order valence-corrected chi connectivity index (χ2v) is 6.12. The number of hydrogen-bond acceptors (Lipinski definition) is 4. The van der Waals surface area contributed by atoms with Crippen molar-refractivity contribution >= 4 is 17.5 Å². The first-order valence-corrected chi connectivity index (χ1v) is 8.34. The van der Waals surface area contributed by atoms with Crippen LogP contribution in [-0.4, -0.2) is 32.7 Å². The molecule has 0 bridgehead atoms. The summed E-state index contributed by atoms with van der Waals surface area (Å²) < 4.78 is 0. The summed E-state index contributed by atoms with van der Waals surface area (Å²) in [5, 5.41) is 15.8. The van der Waals surface area contributed by atoms with Gasteiger partial charge in [-0.25, -0.2) is 0 Å². The van der Waals surface area contributed by atoms with E-state index in [0.29, 0.717) is 17.4 Å². The fourth-order valence-corrected chi connectivity index (χ4v) is 2.55. The summed E-state index contributed by atoms with van der Waals surface area (Å²) in [6.07, 6.45) is 0.738. The monoisotopic (exact) mass is 355 g/mol. The van der Waals surface area contributed by atoms with Gasteiger partial charge in [0.1, 0.15) is 6.54 Å². The van der Waals surface area contributed by atoms with E-state index in [2.05, 4.69) is 20.7 Å². The predicted molar refractivity (Wildman–Crippen MR) is 96.2 cm³/mol. The van der Waals surface area contributed by atoms with Gasteiger partial charge in [0.05, 0.1) is 0 Å². The highest BCUT2D eigenvalue weighted by atomic mass is 35.5. The molecule has 3 rings (SSSR count). The third kappa shape index (κ3) is 4.64. The van der Waals surface area contributed by atoms with Crippen molar-refractivity contribution in [3.05, 3.63) is 64.7 Å². The molecule has 1 heterocycles. The third-order valence-electron chi connectivity index (χ3n) is 3.77. The molecule has 1 amide bonds. The molecule has 1 aromatic heterocycles. The molecule has 3 aromatic rings. The first kappa shape index (κ1) is 17.1. The Morgan fingerprint density at radius 1 is 1.16 bits per heavy atom. The maximum absolute atomic E-state index is 12.0. The van der Waals surface area contributed by atoms with Gasteiger partial charge in [0.2, 0.25) is 11.7 Å². The Hall–Kier alpha value is -2.73. The van der Waals surface area contributed by atoms with E-state index in [-0.39, 0.29) is 12.5 Å². The van der Waals surface area contributed by atoms with Crippen LogP contribution in [0, 0.1) is 6.92 Å². The largest absolute Gasteiger partial charge is 0.354 e. The Kier molecular flexibility index (Phi) is 5.40.